The highest BCUT2D eigenvalue weighted by Crippen LogP contribution is 2.24. The van der Waals surface area contributed by atoms with Crippen LogP contribution in [0.4, 0.5) is 0 Å². The number of aliphatic hydroxyl groups is 5. The van der Waals surface area contributed by atoms with E-state index < -0.39 is 49.5 Å². The topological polar surface area (TPSA) is 149 Å². The molecule has 7 unspecified atom stereocenters. The van der Waals surface area contributed by atoms with E-state index in [9.17, 15) is 30.3 Å². The van der Waals surface area contributed by atoms with Gasteiger partial charge in [-0.05, 0) is 44.9 Å². The van der Waals surface area contributed by atoms with Crippen LogP contribution in [0.1, 0.15) is 386 Å². The van der Waals surface area contributed by atoms with Crippen LogP contribution in [0.5, 0.6) is 0 Å². The minimum absolute atomic E-state index is 0.183. The lowest BCUT2D eigenvalue weighted by Crippen LogP contribution is -2.60. The molecule has 1 amide bonds. The summed E-state index contributed by atoms with van der Waals surface area (Å²) in [5.74, 6) is -0.183. The van der Waals surface area contributed by atoms with E-state index in [2.05, 4.69) is 43.5 Å². The van der Waals surface area contributed by atoms with Crippen molar-refractivity contribution in [2.75, 3.05) is 13.2 Å². The van der Waals surface area contributed by atoms with Gasteiger partial charge in [-0.25, -0.2) is 0 Å². The molecule has 1 aliphatic rings. The molecule has 7 atom stereocenters. The van der Waals surface area contributed by atoms with Crippen molar-refractivity contribution in [2.24, 2.45) is 0 Å². The van der Waals surface area contributed by atoms with E-state index in [-0.39, 0.29) is 12.5 Å². The van der Waals surface area contributed by atoms with Gasteiger partial charge in [0.1, 0.15) is 24.4 Å². The lowest BCUT2D eigenvalue weighted by Gasteiger charge is -2.40. The number of amides is 1. The molecular formula is C76H145NO8. The quantitative estimate of drug-likeness (QED) is 0.0261. The zero-order valence-corrected chi connectivity index (χ0v) is 56.4. The molecule has 0 bridgehead atoms. The molecule has 0 saturated carbocycles. The first-order valence-electron chi connectivity index (χ1n) is 37.7. The molecular weight excluding hydrogens is 1050 g/mol. The molecule has 9 heteroatoms. The summed E-state index contributed by atoms with van der Waals surface area (Å²) in [6.45, 7) is 3.82. The maximum Gasteiger partial charge on any atom is 0.220 e. The number of hydrogen-bond acceptors (Lipinski definition) is 8. The molecule has 1 rings (SSSR count). The molecule has 0 aromatic heterocycles. The number of carbonyl (C=O) groups is 1. The highest BCUT2D eigenvalue weighted by atomic mass is 16.7. The molecule has 0 aromatic carbocycles. The van der Waals surface area contributed by atoms with E-state index in [1.165, 1.54) is 321 Å². The third-order valence-corrected chi connectivity index (χ3v) is 18.2. The number of ether oxygens (including phenoxy) is 2. The largest absolute Gasteiger partial charge is 0.394 e. The van der Waals surface area contributed by atoms with Crippen molar-refractivity contribution in [1.82, 2.24) is 5.32 Å². The summed E-state index contributed by atoms with van der Waals surface area (Å²) >= 11 is 0. The highest BCUT2D eigenvalue weighted by Gasteiger charge is 2.44. The van der Waals surface area contributed by atoms with Gasteiger partial charge in [0.2, 0.25) is 5.91 Å². The molecule has 0 aromatic rings. The third-order valence-electron chi connectivity index (χ3n) is 18.2. The van der Waals surface area contributed by atoms with Gasteiger partial charge in [0.25, 0.3) is 0 Å². The minimum atomic E-state index is -1.57. The van der Waals surface area contributed by atoms with Gasteiger partial charge in [-0.3, -0.25) is 4.79 Å². The van der Waals surface area contributed by atoms with Gasteiger partial charge < -0.3 is 40.3 Å². The standard InChI is InChI=1S/C76H145NO8/c1-3-5-7-9-11-13-15-17-19-21-23-25-27-29-30-31-32-33-34-35-36-37-38-39-40-41-42-44-46-48-50-52-54-56-58-60-62-64-66-72(80)77-69(68-84-76-75(83)74(82)73(81)71(67-78)85-76)70(79)65-63-61-59-57-55-53-51-49-47-45-43-28-26-24-22-20-18-16-14-12-10-8-6-4-2/h47,49,55,57,63,65,69-71,73-76,78-79,81-83H,3-46,48,50-54,56,58-62,64,66-68H2,1-2H3,(H,77,80)/b49-47+,57-55+,65-63+. The van der Waals surface area contributed by atoms with Gasteiger partial charge in [0.05, 0.1) is 25.4 Å². The summed E-state index contributed by atoms with van der Waals surface area (Å²) < 4.78 is 11.3. The second-order valence-electron chi connectivity index (χ2n) is 26.4. The molecule has 502 valence electrons. The van der Waals surface area contributed by atoms with Crippen LogP contribution in [-0.4, -0.2) is 87.5 Å². The van der Waals surface area contributed by atoms with Crippen molar-refractivity contribution in [2.45, 2.75) is 429 Å². The first-order chi connectivity index (χ1) is 41.8. The van der Waals surface area contributed by atoms with Gasteiger partial charge in [-0.1, -0.05) is 371 Å². The molecule has 85 heavy (non-hydrogen) atoms. The van der Waals surface area contributed by atoms with Gasteiger partial charge in [-0.15, -0.1) is 0 Å². The fourth-order valence-corrected chi connectivity index (χ4v) is 12.3. The average Bonchev–Trinajstić information content (AvgIpc) is 3.70. The SMILES string of the molecule is CCCCCCCCCCCCCCCC/C=C/CC/C=C/CC/C=C/C(O)C(COC1OC(CO)C(O)C(O)C1O)NC(=O)CCCCCCCCCCCCCCCCCCCCCCCCCCCCCCCCCCCCCCCC. The number of aliphatic hydroxyl groups excluding tert-OH is 5. The Balaban J connectivity index is 2.08. The molecule has 6 N–H and O–H groups in total. The molecule has 9 nitrogen and oxygen atoms in total. The number of carbonyl (C=O) groups excluding carboxylic acids is 1. The van der Waals surface area contributed by atoms with Crippen molar-refractivity contribution < 1.29 is 39.8 Å². The van der Waals surface area contributed by atoms with E-state index in [4.69, 9.17) is 9.47 Å². The van der Waals surface area contributed by atoms with Crippen LogP contribution in [0.15, 0.2) is 36.5 Å². The number of allylic oxidation sites excluding steroid dienone is 5. The Morgan fingerprint density at radius 3 is 0.988 bits per heavy atom. The Hall–Kier alpha value is -1.59. The van der Waals surface area contributed by atoms with E-state index in [1.807, 2.05) is 6.08 Å². The second-order valence-corrected chi connectivity index (χ2v) is 26.4. The molecule has 1 saturated heterocycles. The molecule has 1 aliphatic heterocycles. The van der Waals surface area contributed by atoms with Crippen molar-refractivity contribution in [1.29, 1.82) is 0 Å². The van der Waals surface area contributed by atoms with Crippen molar-refractivity contribution in [3.63, 3.8) is 0 Å². The van der Waals surface area contributed by atoms with Crippen molar-refractivity contribution in [3.8, 4) is 0 Å². The molecule has 0 spiro atoms. The first-order valence-corrected chi connectivity index (χ1v) is 37.7. The Bertz CT molecular complexity index is 1440. The van der Waals surface area contributed by atoms with Crippen LogP contribution in [0.2, 0.25) is 0 Å². The number of rotatable bonds is 67. The number of hydrogen-bond donors (Lipinski definition) is 6. The number of nitrogens with one attached hydrogen (secondary N) is 1. The summed E-state index contributed by atoms with van der Waals surface area (Å²) in [4.78, 5) is 13.1. The third kappa shape index (κ3) is 53.9. The van der Waals surface area contributed by atoms with Crippen LogP contribution in [0.25, 0.3) is 0 Å². The summed E-state index contributed by atoms with van der Waals surface area (Å²) in [7, 11) is 0. The summed E-state index contributed by atoms with van der Waals surface area (Å²) in [6.07, 6.45) is 81.5. The monoisotopic (exact) mass is 1200 g/mol. The Labute approximate surface area is 527 Å². The van der Waals surface area contributed by atoms with Gasteiger partial charge >= 0.3 is 0 Å². The van der Waals surface area contributed by atoms with Gasteiger partial charge in [0.15, 0.2) is 6.29 Å². The fourth-order valence-electron chi connectivity index (χ4n) is 12.3. The van der Waals surface area contributed by atoms with Crippen LogP contribution < -0.4 is 5.32 Å². The molecule has 1 heterocycles. The maximum atomic E-state index is 13.1. The van der Waals surface area contributed by atoms with Crippen LogP contribution in [-0.2, 0) is 14.3 Å². The Morgan fingerprint density at radius 1 is 0.388 bits per heavy atom. The predicted octanol–water partition coefficient (Wildman–Crippen LogP) is 21.0. The highest BCUT2D eigenvalue weighted by molar-refractivity contribution is 5.76. The van der Waals surface area contributed by atoms with Crippen LogP contribution >= 0.6 is 0 Å². The molecule has 0 radical (unpaired) electrons. The van der Waals surface area contributed by atoms with E-state index >= 15 is 0 Å². The van der Waals surface area contributed by atoms with E-state index in [0.29, 0.717) is 6.42 Å². The average molecular weight is 1200 g/mol. The van der Waals surface area contributed by atoms with Gasteiger partial charge in [0, 0.05) is 6.42 Å². The summed E-state index contributed by atoms with van der Waals surface area (Å²) in [5.41, 5.74) is 0. The first kappa shape index (κ1) is 81.4. The normalized spacial score (nSPS) is 18.2. The second kappa shape index (κ2) is 65.4. The zero-order chi connectivity index (χ0) is 61.4. The predicted molar refractivity (Wildman–Crippen MR) is 364 cm³/mol. The number of unbranched alkanes of at least 4 members (excludes halogenated alkanes) is 53. The molecule has 0 aliphatic carbocycles. The lowest BCUT2D eigenvalue weighted by atomic mass is 9.99. The van der Waals surface area contributed by atoms with Gasteiger partial charge in [-0.2, -0.15) is 0 Å². The minimum Gasteiger partial charge on any atom is -0.394 e. The van der Waals surface area contributed by atoms with E-state index in [1.54, 1.807) is 6.08 Å². The van der Waals surface area contributed by atoms with E-state index in [0.717, 1.165) is 44.9 Å². The maximum absolute atomic E-state index is 13.1. The van der Waals surface area contributed by atoms with Crippen molar-refractivity contribution >= 4 is 5.91 Å². The van der Waals surface area contributed by atoms with Crippen molar-refractivity contribution in [3.05, 3.63) is 36.5 Å². The Morgan fingerprint density at radius 2 is 0.671 bits per heavy atom. The fraction of sp³-hybridized carbons (Fsp3) is 0.908. The smallest absolute Gasteiger partial charge is 0.220 e. The van der Waals surface area contributed by atoms with Crippen LogP contribution in [0, 0.1) is 0 Å². The van der Waals surface area contributed by atoms with Crippen LogP contribution in [0.3, 0.4) is 0 Å². The zero-order valence-electron chi connectivity index (χ0n) is 56.4. The summed E-state index contributed by atoms with van der Waals surface area (Å²) in [6, 6.07) is -0.828. The Kier molecular flexibility index (Phi) is 62.6. The lowest BCUT2D eigenvalue weighted by molar-refractivity contribution is -0.302. The summed E-state index contributed by atoms with van der Waals surface area (Å²) in [5, 5.41) is 54.8. The molecule has 1 fully saturated rings.